The van der Waals surface area contributed by atoms with Crippen LogP contribution in [0.1, 0.15) is 40.8 Å². The topological polar surface area (TPSA) is 82.7 Å². The summed E-state index contributed by atoms with van der Waals surface area (Å²) in [5.74, 6) is 0.549. The summed E-state index contributed by atoms with van der Waals surface area (Å²) in [5.41, 5.74) is 1.57. The van der Waals surface area contributed by atoms with E-state index in [1.807, 2.05) is 12.1 Å². The van der Waals surface area contributed by atoms with Gasteiger partial charge in [-0.1, -0.05) is 0 Å². The van der Waals surface area contributed by atoms with E-state index in [-0.39, 0.29) is 5.91 Å². The number of nitrogens with one attached hydrogen (secondary N) is 3. The molecule has 2 aromatic heterocycles. The van der Waals surface area contributed by atoms with E-state index < -0.39 is 0 Å². The van der Waals surface area contributed by atoms with Gasteiger partial charge in [-0.25, -0.2) is 4.98 Å². The van der Waals surface area contributed by atoms with Crippen molar-refractivity contribution >= 4 is 5.91 Å². The Balaban J connectivity index is 1.66. The number of carbonyl (C=O) groups is 1. The average molecular weight is 271 g/mol. The number of rotatable bonds is 4. The Labute approximate surface area is 117 Å². The Morgan fingerprint density at radius 2 is 2.35 bits per heavy atom. The van der Waals surface area contributed by atoms with Crippen LogP contribution in [0.3, 0.4) is 0 Å². The average Bonchev–Trinajstić information content (AvgIpc) is 3.18. The van der Waals surface area contributed by atoms with Crippen LogP contribution in [0.4, 0.5) is 0 Å². The summed E-state index contributed by atoms with van der Waals surface area (Å²) >= 11 is 0. The minimum Gasteiger partial charge on any atom is -0.347 e. The lowest BCUT2D eigenvalue weighted by atomic mass is 10.1. The zero-order valence-electron chi connectivity index (χ0n) is 11.1. The summed E-state index contributed by atoms with van der Waals surface area (Å²) in [6.07, 6.45) is 7.36. The van der Waals surface area contributed by atoms with E-state index in [4.69, 9.17) is 0 Å². The molecule has 0 bridgehead atoms. The van der Waals surface area contributed by atoms with Crippen LogP contribution in [-0.2, 0) is 6.54 Å². The second-order valence-electron chi connectivity index (χ2n) is 4.84. The molecule has 6 heteroatoms. The monoisotopic (exact) mass is 271 g/mol. The molecule has 3 heterocycles. The maximum Gasteiger partial charge on any atom is 0.270 e. The highest BCUT2D eigenvalue weighted by Crippen LogP contribution is 2.22. The molecule has 104 valence electrons. The molecule has 0 aromatic carbocycles. The normalized spacial score (nSPS) is 18.1. The van der Waals surface area contributed by atoms with Gasteiger partial charge in [-0.05, 0) is 37.1 Å². The standard InChI is InChI=1S/C14H17N5O/c20-14(19-9-13-17-6-7-18-13)12-8-10(3-5-16-12)11-2-1-4-15-11/h3,5-8,11,15H,1-2,4,9H2,(H,17,18)(H,19,20). The molecular formula is C14H17N5O. The van der Waals surface area contributed by atoms with Crippen molar-refractivity contribution in [2.24, 2.45) is 0 Å². The number of carbonyl (C=O) groups excluding carboxylic acids is 1. The summed E-state index contributed by atoms with van der Waals surface area (Å²) in [5, 5.41) is 6.22. The smallest absolute Gasteiger partial charge is 0.270 e. The number of hydrogen-bond acceptors (Lipinski definition) is 4. The first-order valence-corrected chi connectivity index (χ1v) is 6.79. The molecule has 1 fully saturated rings. The van der Waals surface area contributed by atoms with Crippen LogP contribution < -0.4 is 10.6 Å². The van der Waals surface area contributed by atoms with Gasteiger partial charge >= 0.3 is 0 Å². The molecule has 1 saturated heterocycles. The molecule has 1 atom stereocenters. The fraction of sp³-hybridized carbons (Fsp3) is 0.357. The van der Waals surface area contributed by atoms with Gasteiger partial charge in [0.15, 0.2) is 0 Å². The molecule has 1 aliphatic heterocycles. The highest BCUT2D eigenvalue weighted by atomic mass is 16.1. The maximum atomic E-state index is 12.1. The molecule has 2 aromatic rings. The minimum absolute atomic E-state index is 0.179. The fourth-order valence-electron chi connectivity index (χ4n) is 2.41. The van der Waals surface area contributed by atoms with Gasteiger partial charge in [-0.3, -0.25) is 9.78 Å². The van der Waals surface area contributed by atoms with E-state index in [1.165, 1.54) is 6.42 Å². The van der Waals surface area contributed by atoms with Gasteiger partial charge in [-0.15, -0.1) is 0 Å². The lowest BCUT2D eigenvalue weighted by Crippen LogP contribution is -2.25. The second kappa shape index (κ2) is 5.83. The molecule has 3 rings (SSSR count). The van der Waals surface area contributed by atoms with Crippen LogP contribution in [0.15, 0.2) is 30.7 Å². The van der Waals surface area contributed by atoms with Crippen LogP contribution in [0.5, 0.6) is 0 Å². The second-order valence-corrected chi connectivity index (χ2v) is 4.84. The van der Waals surface area contributed by atoms with Gasteiger partial charge in [0.25, 0.3) is 5.91 Å². The quantitative estimate of drug-likeness (QED) is 0.779. The molecule has 0 radical (unpaired) electrons. The predicted molar refractivity (Wildman–Crippen MR) is 74.0 cm³/mol. The van der Waals surface area contributed by atoms with Crippen molar-refractivity contribution in [1.29, 1.82) is 0 Å². The zero-order valence-corrected chi connectivity index (χ0v) is 11.1. The van der Waals surface area contributed by atoms with Gasteiger partial charge in [-0.2, -0.15) is 0 Å². The number of aromatic amines is 1. The van der Waals surface area contributed by atoms with Crippen molar-refractivity contribution in [2.75, 3.05) is 6.54 Å². The predicted octanol–water partition coefficient (Wildman–Crippen LogP) is 1.16. The Hall–Kier alpha value is -2.21. The number of H-pyrrole nitrogens is 1. The van der Waals surface area contributed by atoms with Gasteiger partial charge < -0.3 is 15.6 Å². The fourth-order valence-corrected chi connectivity index (χ4v) is 2.41. The maximum absolute atomic E-state index is 12.1. The van der Waals surface area contributed by atoms with E-state index in [9.17, 15) is 4.79 Å². The molecule has 1 amide bonds. The largest absolute Gasteiger partial charge is 0.347 e. The highest BCUT2D eigenvalue weighted by molar-refractivity contribution is 5.92. The number of hydrogen-bond donors (Lipinski definition) is 3. The van der Waals surface area contributed by atoms with E-state index in [2.05, 4.69) is 25.6 Å². The molecule has 0 aliphatic carbocycles. The highest BCUT2D eigenvalue weighted by Gasteiger charge is 2.17. The summed E-state index contributed by atoms with van der Waals surface area (Å²) in [6, 6.07) is 4.17. The van der Waals surface area contributed by atoms with Crippen LogP contribution in [0.2, 0.25) is 0 Å². The molecule has 1 aliphatic rings. The number of aromatic nitrogens is 3. The molecule has 20 heavy (non-hydrogen) atoms. The molecule has 0 saturated carbocycles. The number of amides is 1. The Morgan fingerprint density at radius 1 is 1.40 bits per heavy atom. The molecule has 1 unspecified atom stereocenters. The Kier molecular flexibility index (Phi) is 3.73. The van der Waals surface area contributed by atoms with Crippen LogP contribution >= 0.6 is 0 Å². The van der Waals surface area contributed by atoms with Gasteiger partial charge in [0.2, 0.25) is 0 Å². The summed E-state index contributed by atoms with van der Waals surface area (Å²) in [7, 11) is 0. The summed E-state index contributed by atoms with van der Waals surface area (Å²) < 4.78 is 0. The molecular weight excluding hydrogens is 254 g/mol. The third-order valence-corrected chi connectivity index (χ3v) is 3.45. The third kappa shape index (κ3) is 2.85. The van der Waals surface area contributed by atoms with Crippen molar-refractivity contribution in [3.8, 4) is 0 Å². The molecule has 6 nitrogen and oxygen atoms in total. The van der Waals surface area contributed by atoms with Crippen molar-refractivity contribution < 1.29 is 4.79 Å². The van der Waals surface area contributed by atoms with E-state index in [0.29, 0.717) is 18.3 Å². The van der Waals surface area contributed by atoms with Crippen LogP contribution in [0, 0.1) is 0 Å². The number of imidazole rings is 1. The lowest BCUT2D eigenvalue weighted by molar-refractivity contribution is 0.0945. The first-order chi connectivity index (χ1) is 9.83. The molecule has 3 N–H and O–H groups in total. The minimum atomic E-state index is -0.179. The van der Waals surface area contributed by atoms with Crippen LogP contribution in [0.25, 0.3) is 0 Å². The van der Waals surface area contributed by atoms with Crippen molar-refractivity contribution in [3.63, 3.8) is 0 Å². The van der Waals surface area contributed by atoms with Crippen molar-refractivity contribution in [1.82, 2.24) is 25.6 Å². The first kappa shape index (κ1) is 12.8. The first-order valence-electron chi connectivity index (χ1n) is 6.79. The summed E-state index contributed by atoms with van der Waals surface area (Å²) in [4.78, 5) is 23.2. The Bertz CT molecular complexity index is 575. The van der Waals surface area contributed by atoms with Gasteiger partial charge in [0.1, 0.15) is 11.5 Å². The van der Waals surface area contributed by atoms with E-state index in [0.717, 1.165) is 24.4 Å². The summed E-state index contributed by atoms with van der Waals surface area (Å²) in [6.45, 7) is 1.41. The van der Waals surface area contributed by atoms with Gasteiger partial charge in [0, 0.05) is 24.6 Å². The number of nitrogens with zero attached hydrogens (tertiary/aromatic N) is 2. The lowest BCUT2D eigenvalue weighted by Gasteiger charge is -2.11. The van der Waals surface area contributed by atoms with Crippen molar-refractivity contribution in [2.45, 2.75) is 25.4 Å². The van der Waals surface area contributed by atoms with Crippen molar-refractivity contribution in [3.05, 3.63) is 47.8 Å². The van der Waals surface area contributed by atoms with Gasteiger partial charge in [0.05, 0.1) is 6.54 Å². The SMILES string of the molecule is O=C(NCc1ncc[nH]1)c1cc(C2CCCN2)ccn1. The van der Waals surface area contributed by atoms with E-state index >= 15 is 0 Å². The Morgan fingerprint density at radius 3 is 3.10 bits per heavy atom. The number of pyridine rings is 1. The van der Waals surface area contributed by atoms with E-state index in [1.54, 1.807) is 18.6 Å². The molecule has 0 spiro atoms. The third-order valence-electron chi connectivity index (χ3n) is 3.45. The zero-order chi connectivity index (χ0) is 13.8. The van der Waals surface area contributed by atoms with Crippen LogP contribution in [-0.4, -0.2) is 27.4 Å².